The first kappa shape index (κ1) is 24.4. The van der Waals surface area contributed by atoms with Crippen LogP contribution in [0.4, 0.5) is 11.4 Å². The molecule has 3 aromatic rings. The molecule has 2 aromatic carbocycles. The molecule has 0 aliphatic heterocycles. The van der Waals surface area contributed by atoms with Gasteiger partial charge in [0.05, 0.1) is 10.6 Å². The topological polar surface area (TPSA) is 127 Å². The van der Waals surface area contributed by atoms with Crippen LogP contribution in [0.15, 0.2) is 45.9 Å². The summed E-state index contributed by atoms with van der Waals surface area (Å²) in [5.74, 6) is -0.278. The lowest BCUT2D eigenvalue weighted by Crippen LogP contribution is -2.22. The van der Waals surface area contributed by atoms with Gasteiger partial charge in [0.2, 0.25) is 0 Å². The Bertz CT molecular complexity index is 1400. The molecule has 0 spiro atoms. The largest absolute Gasteiger partial charge is 0.455 e. The number of aryl methyl sites for hydroxylation is 2. The van der Waals surface area contributed by atoms with Gasteiger partial charge in [-0.05, 0) is 56.5 Å². The van der Waals surface area contributed by atoms with Crippen LogP contribution in [0.1, 0.15) is 56.2 Å². The predicted molar refractivity (Wildman–Crippen MR) is 133 cm³/mol. The van der Waals surface area contributed by atoms with Gasteiger partial charge >= 0.3 is 0 Å². The average molecular weight is 515 g/mol. The van der Waals surface area contributed by atoms with E-state index in [9.17, 15) is 19.7 Å². The van der Waals surface area contributed by atoms with Crippen molar-refractivity contribution in [2.45, 2.75) is 33.1 Å². The lowest BCUT2D eigenvalue weighted by atomic mass is 9.93. The number of furan rings is 1. The zero-order valence-corrected chi connectivity index (χ0v) is 20.3. The fourth-order valence-corrected chi connectivity index (χ4v) is 4.24. The molecule has 0 bridgehead atoms. The number of hydrogen-bond acceptors (Lipinski definition) is 6. The van der Waals surface area contributed by atoms with Crippen molar-refractivity contribution in [1.29, 1.82) is 0 Å². The smallest absolute Gasteiger partial charge is 0.291 e. The van der Waals surface area contributed by atoms with Crippen molar-refractivity contribution >= 4 is 52.1 Å². The summed E-state index contributed by atoms with van der Waals surface area (Å²) in [5, 5.41) is 18.6. The van der Waals surface area contributed by atoms with Crippen LogP contribution in [0, 0.1) is 24.0 Å². The number of amides is 2. The zero-order chi connectivity index (χ0) is 25.3. The quantitative estimate of drug-likeness (QED) is 0.326. The molecule has 1 heterocycles. The summed E-state index contributed by atoms with van der Waals surface area (Å²) in [6.07, 6.45) is 1.90. The summed E-state index contributed by atoms with van der Waals surface area (Å²) in [4.78, 5) is 36.0. The number of carbonyl (C=O) groups is 2. The first-order valence-corrected chi connectivity index (χ1v) is 11.4. The first-order valence-electron chi connectivity index (χ1n) is 10.7. The highest BCUT2D eigenvalue weighted by Crippen LogP contribution is 2.31. The van der Waals surface area contributed by atoms with Crippen LogP contribution in [-0.2, 0) is 6.42 Å². The predicted octanol–water partition coefficient (Wildman–Crippen LogP) is 5.83. The molecule has 11 heteroatoms. The standard InChI is InChI=1S/C24H20Cl2N4O5/c1-12-6-8-15(25)11-18(12)27-24(32)22-13(2)21-17(4-3-5-20(21)35-22)28-29-23(31)14-7-9-16(26)19(10-14)30(33)34/h6-11H,3-5H2,1-2H3,(H,27,32)(H,29,31)/b28-17+. The zero-order valence-electron chi connectivity index (χ0n) is 18.8. The molecule has 2 amide bonds. The van der Waals surface area contributed by atoms with E-state index in [1.54, 1.807) is 25.1 Å². The molecule has 180 valence electrons. The Kier molecular flexibility index (Phi) is 6.90. The van der Waals surface area contributed by atoms with Crippen LogP contribution >= 0.6 is 23.2 Å². The third-order valence-corrected chi connectivity index (χ3v) is 6.23. The monoisotopic (exact) mass is 514 g/mol. The summed E-state index contributed by atoms with van der Waals surface area (Å²) in [5.41, 5.74) is 5.38. The molecule has 0 saturated carbocycles. The van der Waals surface area contributed by atoms with E-state index < -0.39 is 16.7 Å². The van der Waals surface area contributed by atoms with Crippen molar-refractivity contribution in [3.8, 4) is 0 Å². The number of fused-ring (bicyclic) bond motifs is 1. The van der Waals surface area contributed by atoms with Crippen LogP contribution in [0.3, 0.4) is 0 Å². The van der Waals surface area contributed by atoms with Crippen molar-refractivity contribution in [2.24, 2.45) is 5.10 Å². The molecular formula is C24H20Cl2N4O5. The lowest BCUT2D eigenvalue weighted by Gasteiger charge is -2.13. The molecule has 2 N–H and O–H groups in total. The van der Waals surface area contributed by atoms with Crippen LogP contribution in [0.5, 0.6) is 0 Å². The second-order valence-corrected chi connectivity index (χ2v) is 8.89. The molecular weight excluding hydrogens is 495 g/mol. The molecule has 4 rings (SSSR count). The number of nitrogens with one attached hydrogen (secondary N) is 2. The van der Waals surface area contributed by atoms with Gasteiger partial charge in [0.15, 0.2) is 5.76 Å². The number of nitrogens with zero attached hydrogens (tertiary/aromatic N) is 2. The second kappa shape index (κ2) is 9.89. The van der Waals surface area contributed by atoms with Gasteiger partial charge in [-0.25, -0.2) is 5.43 Å². The number of nitro groups is 1. The Morgan fingerprint density at radius 1 is 1.09 bits per heavy atom. The van der Waals surface area contributed by atoms with Crippen molar-refractivity contribution < 1.29 is 18.9 Å². The third-order valence-electron chi connectivity index (χ3n) is 5.68. The van der Waals surface area contributed by atoms with Crippen molar-refractivity contribution in [3.05, 3.63) is 90.3 Å². The van der Waals surface area contributed by atoms with Gasteiger partial charge in [-0.2, -0.15) is 5.10 Å². The van der Waals surface area contributed by atoms with Gasteiger partial charge in [0.25, 0.3) is 17.5 Å². The summed E-state index contributed by atoms with van der Waals surface area (Å²) in [7, 11) is 0. The number of rotatable bonds is 5. The summed E-state index contributed by atoms with van der Waals surface area (Å²) in [6, 6.07) is 8.96. The molecule has 0 radical (unpaired) electrons. The van der Waals surface area contributed by atoms with E-state index in [0.29, 0.717) is 46.2 Å². The van der Waals surface area contributed by atoms with Crippen LogP contribution < -0.4 is 10.7 Å². The normalized spacial score (nSPS) is 13.9. The van der Waals surface area contributed by atoms with Gasteiger partial charge in [0, 0.05) is 39.9 Å². The Balaban J connectivity index is 1.58. The summed E-state index contributed by atoms with van der Waals surface area (Å²) in [6.45, 7) is 3.61. The number of nitro benzene ring substituents is 1. The molecule has 1 aromatic heterocycles. The summed E-state index contributed by atoms with van der Waals surface area (Å²) < 4.78 is 5.89. The maximum absolute atomic E-state index is 13.0. The van der Waals surface area contributed by atoms with E-state index in [1.165, 1.54) is 12.1 Å². The number of hydrazone groups is 1. The molecule has 9 nitrogen and oxygen atoms in total. The van der Waals surface area contributed by atoms with Crippen molar-refractivity contribution in [2.75, 3.05) is 5.32 Å². The van der Waals surface area contributed by atoms with E-state index in [-0.39, 0.29) is 22.0 Å². The third kappa shape index (κ3) is 5.06. The molecule has 0 unspecified atom stereocenters. The minimum atomic E-state index is -0.662. The maximum atomic E-state index is 13.0. The number of benzene rings is 2. The van der Waals surface area contributed by atoms with Crippen molar-refractivity contribution in [3.63, 3.8) is 0 Å². The van der Waals surface area contributed by atoms with Crippen molar-refractivity contribution in [1.82, 2.24) is 5.43 Å². The van der Waals surface area contributed by atoms with E-state index in [0.717, 1.165) is 18.1 Å². The fraction of sp³-hybridized carbons (Fsp3) is 0.208. The van der Waals surface area contributed by atoms with E-state index >= 15 is 0 Å². The van der Waals surface area contributed by atoms with Gasteiger partial charge in [-0.1, -0.05) is 29.3 Å². The highest BCUT2D eigenvalue weighted by atomic mass is 35.5. The molecule has 0 saturated heterocycles. The highest BCUT2D eigenvalue weighted by molar-refractivity contribution is 6.32. The molecule has 0 atom stereocenters. The Hall–Kier alpha value is -3.69. The number of hydrogen-bond donors (Lipinski definition) is 2. The second-order valence-electron chi connectivity index (χ2n) is 8.04. The first-order chi connectivity index (χ1) is 16.7. The Morgan fingerprint density at radius 2 is 1.86 bits per heavy atom. The number of anilines is 1. The maximum Gasteiger partial charge on any atom is 0.291 e. The van der Waals surface area contributed by atoms with Crippen LogP contribution in [0.25, 0.3) is 0 Å². The SMILES string of the molecule is Cc1ccc(Cl)cc1NC(=O)c1oc2c(c1C)/C(=N/NC(=O)c1ccc(Cl)c([N+](=O)[O-])c1)CCC2. The van der Waals surface area contributed by atoms with Crippen LogP contribution in [0.2, 0.25) is 10.0 Å². The Morgan fingerprint density at radius 3 is 2.60 bits per heavy atom. The molecule has 1 aliphatic rings. The Labute approximate surface area is 210 Å². The van der Waals surface area contributed by atoms with Gasteiger partial charge in [0.1, 0.15) is 10.8 Å². The fourth-order valence-electron chi connectivity index (χ4n) is 3.88. The minimum Gasteiger partial charge on any atom is -0.455 e. The van der Waals surface area contributed by atoms with Gasteiger partial charge < -0.3 is 9.73 Å². The summed E-state index contributed by atoms with van der Waals surface area (Å²) >= 11 is 11.9. The van der Waals surface area contributed by atoms with Gasteiger partial charge in [-0.3, -0.25) is 19.7 Å². The molecule has 35 heavy (non-hydrogen) atoms. The number of halogens is 2. The van der Waals surface area contributed by atoms with Gasteiger partial charge in [-0.15, -0.1) is 0 Å². The molecule has 1 aliphatic carbocycles. The average Bonchev–Trinajstić information content (AvgIpc) is 3.17. The van der Waals surface area contributed by atoms with E-state index in [4.69, 9.17) is 27.6 Å². The minimum absolute atomic E-state index is 0.0438. The number of carbonyl (C=O) groups excluding carboxylic acids is 2. The van der Waals surface area contributed by atoms with Crippen LogP contribution in [-0.4, -0.2) is 22.4 Å². The van der Waals surface area contributed by atoms with E-state index in [1.807, 2.05) is 6.92 Å². The van der Waals surface area contributed by atoms with E-state index in [2.05, 4.69) is 15.8 Å². The molecule has 0 fully saturated rings. The lowest BCUT2D eigenvalue weighted by molar-refractivity contribution is -0.384. The highest BCUT2D eigenvalue weighted by Gasteiger charge is 2.28.